The third-order valence-electron chi connectivity index (χ3n) is 2.66. The van der Waals surface area contributed by atoms with Crippen LogP contribution in [0.5, 0.6) is 5.75 Å². The largest absolute Gasteiger partial charge is 0.489 e. The minimum atomic E-state index is -0.162. The molecule has 0 aromatic heterocycles. The van der Waals surface area contributed by atoms with Gasteiger partial charge >= 0.3 is 0 Å². The van der Waals surface area contributed by atoms with Gasteiger partial charge in [-0.25, -0.2) is 0 Å². The lowest BCUT2D eigenvalue weighted by molar-refractivity contribution is 0.0933. The normalized spacial score (nSPS) is 11.7. The number of carbonyl (C=O) groups is 1. The Morgan fingerprint density at radius 2 is 2.26 bits per heavy atom. The van der Waals surface area contributed by atoms with Crippen molar-refractivity contribution < 1.29 is 14.6 Å². The second-order valence-corrected chi connectivity index (χ2v) is 4.34. The SMILES string of the molecule is C=CCOc1ccccc1C(=O)NC(C)CCCO. The average Bonchev–Trinajstić information content (AvgIpc) is 2.43. The molecule has 4 nitrogen and oxygen atoms in total. The molecule has 1 amide bonds. The Balaban J connectivity index is 2.67. The second-order valence-electron chi connectivity index (χ2n) is 4.34. The number of amides is 1. The monoisotopic (exact) mass is 263 g/mol. The standard InChI is InChI=1S/C15H21NO3/c1-3-11-19-14-9-5-4-8-13(14)15(18)16-12(2)7-6-10-17/h3-5,8-9,12,17H,1,6-7,10-11H2,2H3,(H,16,18). The predicted molar refractivity (Wildman–Crippen MR) is 75.4 cm³/mol. The lowest BCUT2D eigenvalue weighted by atomic mass is 10.1. The molecule has 0 aliphatic heterocycles. The summed E-state index contributed by atoms with van der Waals surface area (Å²) in [5, 5.41) is 11.7. The number of aliphatic hydroxyl groups excluding tert-OH is 1. The molecule has 1 aromatic rings. The van der Waals surface area contributed by atoms with Crippen LogP contribution in [0.3, 0.4) is 0 Å². The Bertz CT molecular complexity index is 418. The highest BCUT2D eigenvalue weighted by Crippen LogP contribution is 2.18. The molecular formula is C15H21NO3. The third kappa shape index (κ3) is 5.14. The average molecular weight is 263 g/mol. The van der Waals surface area contributed by atoms with Gasteiger partial charge in [0.1, 0.15) is 12.4 Å². The zero-order chi connectivity index (χ0) is 14.1. The maximum atomic E-state index is 12.1. The van der Waals surface area contributed by atoms with Crippen LogP contribution in [0.4, 0.5) is 0 Å². The van der Waals surface area contributed by atoms with Crippen LogP contribution in [0.2, 0.25) is 0 Å². The summed E-state index contributed by atoms with van der Waals surface area (Å²) >= 11 is 0. The van der Waals surface area contributed by atoms with E-state index in [2.05, 4.69) is 11.9 Å². The summed E-state index contributed by atoms with van der Waals surface area (Å²) in [6, 6.07) is 7.13. The first-order valence-corrected chi connectivity index (χ1v) is 6.43. The van der Waals surface area contributed by atoms with Crippen molar-refractivity contribution in [2.75, 3.05) is 13.2 Å². The number of aliphatic hydroxyl groups is 1. The first-order valence-electron chi connectivity index (χ1n) is 6.43. The van der Waals surface area contributed by atoms with Gasteiger partial charge < -0.3 is 15.2 Å². The smallest absolute Gasteiger partial charge is 0.255 e. The summed E-state index contributed by atoms with van der Waals surface area (Å²) in [6.45, 7) is 6.00. The zero-order valence-electron chi connectivity index (χ0n) is 11.3. The van der Waals surface area contributed by atoms with Crippen LogP contribution < -0.4 is 10.1 Å². The fraction of sp³-hybridized carbons (Fsp3) is 0.400. The maximum absolute atomic E-state index is 12.1. The van der Waals surface area contributed by atoms with Gasteiger partial charge in [0, 0.05) is 12.6 Å². The Kier molecular flexibility index (Phi) is 6.68. The van der Waals surface area contributed by atoms with Gasteiger partial charge in [0.2, 0.25) is 0 Å². The van der Waals surface area contributed by atoms with Crippen molar-refractivity contribution in [2.45, 2.75) is 25.8 Å². The number of nitrogens with one attached hydrogen (secondary N) is 1. The third-order valence-corrected chi connectivity index (χ3v) is 2.66. The van der Waals surface area contributed by atoms with Gasteiger partial charge in [-0.3, -0.25) is 4.79 Å². The fourth-order valence-electron chi connectivity index (χ4n) is 1.70. The van der Waals surface area contributed by atoms with E-state index in [-0.39, 0.29) is 18.6 Å². The van der Waals surface area contributed by atoms with Crippen molar-refractivity contribution in [1.29, 1.82) is 0 Å². The van der Waals surface area contributed by atoms with Gasteiger partial charge in [0.15, 0.2) is 0 Å². The number of hydrogen-bond donors (Lipinski definition) is 2. The van der Waals surface area contributed by atoms with E-state index < -0.39 is 0 Å². The molecule has 0 heterocycles. The second kappa shape index (κ2) is 8.32. The highest BCUT2D eigenvalue weighted by molar-refractivity contribution is 5.97. The molecule has 0 fully saturated rings. The van der Waals surface area contributed by atoms with Crippen molar-refractivity contribution in [3.05, 3.63) is 42.5 Å². The van der Waals surface area contributed by atoms with Crippen molar-refractivity contribution in [3.63, 3.8) is 0 Å². The highest BCUT2D eigenvalue weighted by Gasteiger charge is 2.13. The van der Waals surface area contributed by atoms with Gasteiger partial charge in [-0.2, -0.15) is 0 Å². The van der Waals surface area contributed by atoms with Crippen LogP contribution in [0.25, 0.3) is 0 Å². The lowest BCUT2D eigenvalue weighted by Crippen LogP contribution is -2.32. The molecule has 2 N–H and O–H groups in total. The molecule has 0 bridgehead atoms. The number of ether oxygens (including phenoxy) is 1. The van der Waals surface area contributed by atoms with Crippen LogP contribution in [-0.4, -0.2) is 30.3 Å². The van der Waals surface area contributed by atoms with E-state index in [1.807, 2.05) is 13.0 Å². The molecule has 104 valence electrons. The number of para-hydroxylation sites is 1. The van der Waals surface area contributed by atoms with Crippen LogP contribution in [0, 0.1) is 0 Å². The minimum absolute atomic E-state index is 0.0205. The van der Waals surface area contributed by atoms with E-state index in [0.717, 1.165) is 6.42 Å². The number of rotatable bonds is 8. The quantitative estimate of drug-likeness (QED) is 0.706. The summed E-state index contributed by atoms with van der Waals surface area (Å²) < 4.78 is 5.45. The van der Waals surface area contributed by atoms with Crippen molar-refractivity contribution >= 4 is 5.91 Å². The van der Waals surface area contributed by atoms with E-state index in [1.165, 1.54) is 0 Å². The highest BCUT2D eigenvalue weighted by atomic mass is 16.5. The van der Waals surface area contributed by atoms with E-state index in [4.69, 9.17) is 9.84 Å². The van der Waals surface area contributed by atoms with Crippen LogP contribution in [0.15, 0.2) is 36.9 Å². The first kappa shape index (κ1) is 15.2. The molecule has 0 saturated carbocycles. The Hall–Kier alpha value is -1.81. The number of benzene rings is 1. The van der Waals surface area contributed by atoms with Crippen molar-refractivity contribution in [2.24, 2.45) is 0 Å². The molecule has 1 unspecified atom stereocenters. The molecule has 4 heteroatoms. The summed E-state index contributed by atoms with van der Waals surface area (Å²) in [7, 11) is 0. The molecule has 0 saturated heterocycles. The summed E-state index contributed by atoms with van der Waals surface area (Å²) in [4.78, 5) is 12.1. The topological polar surface area (TPSA) is 58.6 Å². The molecule has 1 atom stereocenters. The van der Waals surface area contributed by atoms with E-state index in [9.17, 15) is 4.79 Å². The molecule has 0 spiro atoms. The van der Waals surface area contributed by atoms with Gasteiger partial charge in [-0.05, 0) is 31.9 Å². The van der Waals surface area contributed by atoms with Crippen LogP contribution in [-0.2, 0) is 0 Å². The van der Waals surface area contributed by atoms with Crippen molar-refractivity contribution in [3.8, 4) is 5.75 Å². The number of carbonyl (C=O) groups excluding carboxylic acids is 1. The lowest BCUT2D eigenvalue weighted by Gasteiger charge is -2.15. The van der Waals surface area contributed by atoms with E-state index >= 15 is 0 Å². The Morgan fingerprint density at radius 1 is 1.53 bits per heavy atom. The molecule has 0 aliphatic carbocycles. The Labute approximate surface area is 114 Å². The van der Waals surface area contributed by atoms with Gasteiger partial charge in [-0.15, -0.1) is 0 Å². The summed E-state index contributed by atoms with van der Waals surface area (Å²) in [5.41, 5.74) is 0.514. The molecule has 19 heavy (non-hydrogen) atoms. The molecule has 0 radical (unpaired) electrons. The van der Waals surface area contributed by atoms with Gasteiger partial charge in [-0.1, -0.05) is 24.8 Å². The predicted octanol–water partition coefficient (Wildman–Crippen LogP) is 2.14. The zero-order valence-corrected chi connectivity index (χ0v) is 11.3. The molecule has 0 aliphatic rings. The summed E-state index contributed by atoms with van der Waals surface area (Å²) in [5.74, 6) is 0.388. The maximum Gasteiger partial charge on any atom is 0.255 e. The van der Waals surface area contributed by atoms with Gasteiger partial charge in [0.05, 0.1) is 5.56 Å². The fourth-order valence-corrected chi connectivity index (χ4v) is 1.70. The Morgan fingerprint density at radius 3 is 2.95 bits per heavy atom. The number of hydrogen-bond acceptors (Lipinski definition) is 3. The molecular weight excluding hydrogens is 242 g/mol. The van der Waals surface area contributed by atoms with Crippen LogP contribution >= 0.6 is 0 Å². The molecule has 1 aromatic carbocycles. The van der Waals surface area contributed by atoms with E-state index in [1.54, 1.807) is 24.3 Å². The minimum Gasteiger partial charge on any atom is -0.489 e. The summed E-state index contributed by atoms with van der Waals surface area (Å²) in [6.07, 6.45) is 3.06. The van der Waals surface area contributed by atoms with E-state index in [0.29, 0.717) is 24.3 Å². The van der Waals surface area contributed by atoms with Gasteiger partial charge in [0.25, 0.3) is 5.91 Å². The van der Waals surface area contributed by atoms with Crippen molar-refractivity contribution in [1.82, 2.24) is 5.32 Å². The molecule has 1 rings (SSSR count). The van der Waals surface area contributed by atoms with Crippen LogP contribution in [0.1, 0.15) is 30.1 Å². The first-order chi connectivity index (χ1) is 9.19.